The first-order valence-electron chi connectivity index (χ1n) is 9.07. The van der Waals surface area contributed by atoms with E-state index in [9.17, 15) is 18.3 Å². The number of aliphatic carboxylic acids is 1. The van der Waals surface area contributed by atoms with Crippen LogP contribution >= 0.6 is 22.9 Å². The molecule has 1 fully saturated rings. The third-order valence-corrected chi connectivity index (χ3v) is 9.11. The zero-order valence-corrected chi connectivity index (χ0v) is 18.3. The van der Waals surface area contributed by atoms with Crippen LogP contribution in [0, 0.1) is 0 Å². The second kappa shape index (κ2) is 7.09. The SMILES string of the molecule is C[C@]1(c2ccccc2)C[C@@]1(NS(=O)(=O)c1ccc(-c2ccc(Cl)c(N)c2)s1)C(=O)O. The summed E-state index contributed by atoms with van der Waals surface area (Å²) in [7, 11) is -4.05. The van der Waals surface area contributed by atoms with Gasteiger partial charge in [0.05, 0.1) is 10.7 Å². The van der Waals surface area contributed by atoms with Crippen molar-refractivity contribution in [2.45, 2.75) is 28.5 Å². The van der Waals surface area contributed by atoms with E-state index in [1.165, 1.54) is 6.07 Å². The van der Waals surface area contributed by atoms with E-state index in [-0.39, 0.29) is 10.6 Å². The van der Waals surface area contributed by atoms with Crippen LogP contribution in [0.1, 0.15) is 18.9 Å². The van der Waals surface area contributed by atoms with Gasteiger partial charge in [0.2, 0.25) is 0 Å². The average molecular weight is 463 g/mol. The molecule has 2 aromatic carbocycles. The van der Waals surface area contributed by atoms with Crippen LogP contribution < -0.4 is 10.5 Å². The quantitative estimate of drug-likeness (QED) is 0.477. The highest BCUT2D eigenvalue weighted by atomic mass is 35.5. The third-order valence-electron chi connectivity index (χ3n) is 5.65. The highest BCUT2D eigenvalue weighted by molar-refractivity contribution is 7.91. The normalized spacial score (nSPS) is 23.3. The van der Waals surface area contributed by atoms with Crippen molar-refractivity contribution in [3.05, 3.63) is 71.2 Å². The first-order chi connectivity index (χ1) is 14.1. The molecule has 0 amide bonds. The number of hydrogen-bond donors (Lipinski definition) is 3. The molecular formula is C21H19ClN2O4S2. The van der Waals surface area contributed by atoms with E-state index in [1.807, 2.05) is 30.3 Å². The van der Waals surface area contributed by atoms with Gasteiger partial charge in [0.1, 0.15) is 9.75 Å². The first kappa shape index (κ1) is 20.9. The molecule has 1 aliphatic rings. The Hall–Kier alpha value is -2.39. The molecule has 1 heterocycles. The Morgan fingerprint density at radius 3 is 2.50 bits per heavy atom. The van der Waals surface area contributed by atoms with Crippen molar-refractivity contribution in [3.8, 4) is 10.4 Å². The van der Waals surface area contributed by atoms with E-state index in [0.29, 0.717) is 15.6 Å². The maximum atomic E-state index is 13.1. The van der Waals surface area contributed by atoms with Gasteiger partial charge in [-0.1, -0.05) is 54.9 Å². The molecule has 0 unspecified atom stereocenters. The summed E-state index contributed by atoms with van der Waals surface area (Å²) in [5, 5.41) is 10.3. The first-order valence-corrected chi connectivity index (χ1v) is 11.7. The highest BCUT2D eigenvalue weighted by Gasteiger charge is 2.72. The number of carbonyl (C=O) groups is 1. The molecule has 4 rings (SSSR count). The molecule has 4 N–H and O–H groups in total. The lowest BCUT2D eigenvalue weighted by atomic mass is 9.93. The molecule has 0 aliphatic heterocycles. The van der Waals surface area contributed by atoms with Crippen molar-refractivity contribution in [2.24, 2.45) is 0 Å². The molecular weight excluding hydrogens is 444 g/mol. The molecule has 30 heavy (non-hydrogen) atoms. The molecule has 2 atom stereocenters. The Morgan fingerprint density at radius 1 is 1.17 bits per heavy atom. The van der Waals surface area contributed by atoms with E-state index < -0.39 is 26.9 Å². The van der Waals surface area contributed by atoms with Crippen LogP contribution in [0.4, 0.5) is 5.69 Å². The Bertz CT molecular complexity index is 1240. The molecule has 3 aromatic rings. The number of nitrogens with two attached hydrogens (primary N) is 1. The van der Waals surface area contributed by atoms with Crippen LogP contribution in [-0.2, 0) is 20.2 Å². The second-order valence-electron chi connectivity index (χ2n) is 7.55. The number of nitrogen functional groups attached to an aromatic ring is 1. The van der Waals surface area contributed by atoms with E-state index in [2.05, 4.69) is 4.72 Å². The van der Waals surface area contributed by atoms with E-state index >= 15 is 0 Å². The minimum Gasteiger partial charge on any atom is -0.480 e. The maximum absolute atomic E-state index is 13.1. The summed E-state index contributed by atoms with van der Waals surface area (Å²) < 4.78 is 28.6. The number of benzene rings is 2. The Balaban J connectivity index is 1.65. The number of carboxylic acids is 1. The fourth-order valence-electron chi connectivity index (χ4n) is 3.74. The molecule has 156 valence electrons. The van der Waals surface area contributed by atoms with Gasteiger partial charge in [-0.3, -0.25) is 4.79 Å². The zero-order chi connectivity index (χ0) is 21.7. The summed E-state index contributed by atoms with van der Waals surface area (Å²) in [6.45, 7) is 1.76. The van der Waals surface area contributed by atoms with Gasteiger partial charge in [0.25, 0.3) is 10.0 Å². The number of nitrogens with one attached hydrogen (secondary N) is 1. The Kier molecular flexibility index (Phi) is 4.93. The number of rotatable bonds is 6. The van der Waals surface area contributed by atoms with E-state index in [4.69, 9.17) is 17.3 Å². The second-order valence-corrected chi connectivity index (χ2v) is 10.9. The lowest BCUT2D eigenvalue weighted by Gasteiger charge is -2.20. The average Bonchev–Trinajstić information content (AvgIpc) is 3.07. The molecule has 0 bridgehead atoms. The summed E-state index contributed by atoms with van der Waals surface area (Å²) in [6.07, 6.45) is 0.171. The van der Waals surface area contributed by atoms with Crippen LogP contribution in [0.15, 0.2) is 64.9 Å². The predicted octanol–water partition coefficient (Wildman–Crippen LogP) is 4.11. The summed E-state index contributed by atoms with van der Waals surface area (Å²) in [5.41, 5.74) is 5.31. The van der Waals surface area contributed by atoms with Crippen molar-refractivity contribution in [1.29, 1.82) is 0 Å². The number of halogens is 1. The predicted molar refractivity (Wildman–Crippen MR) is 118 cm³/mol. The lowest BCUT2D eigenvalue weighted by Crippen LogP contribution is -2.47. The maximum Gasteiger partial charge on any atom is 0.325 e. The van der Waals surface area contributed by atoms with Crippen molar-refractivity contribution >= 4 is 44.6 Å². The number of anilines is 1. The zero-order valence-electron chi connectivity index (χ0n) is 15.9. The minimum absolute atomic E-state index is 0.0361. The standard InChI is InChI=1S/C21H19ClN2O4S2/c1-20(14-5-3-2-4-6-14)12-21(20,19(25)26)24-30(27,28)18-10-9-17(29-18)13-7-8-15(22)16(23)11-13/h2-11,24H,12,23H2,1H3,(H,25,26)/t20-,21-/m1/s1. The van der Waals surface area contributed by atoms with Crippen LogP contribution in [0.3, 0.4) is 0 Å². The van der Waals surface area contributed by atoms with Gasteiger partial charge in [-0.15, -0.1) is 11.3 Å². The monoisotopic (exact) mass is 462 g/mol. The van der Waals surface area contributed by atoms with Crippen LogP contribution in [-0.4, -0.2) is 25.0 Å². The molecule has 9 heteroatoms. The largest absolute Gasteiger partial charge is 0.480 e. The van der Waals surface area contributed by atoms with Crippen molar-refractivity contribution in [1.82, 2.24) is 4.72 Å². The molecule has 1 aromatic heterocycles. The van der Waals surface area contributed by atoms with Crippen LogP contribution in [0.25, 0.3) is 10.4 Å². The summed E-state index contributed by atoms with van der Waals surface area (Å²) in [4.78, 5) is 12.8. The smallest absolute Gasteiger partial charge is 0.325 e. The molecule has 6 nitrogen and oxygen atoms in total. The third kappa shape index (κ3) is 3.30. The molecule has 0 spiro atoms. The van der Waals surface area contributed by atoms with Gasteiger partial charge in [0, 0.05) is 10.3 Å². The van der Waals surface area contributed by atoms with Gasteiger partial charge in [0.15, 0.2) is 0 Å². The van der Waals surface area contributed by atoms with Gasteiger partial charge in [-0.2, -0.15) is 4.72 Å². The van der Waals surface area contributed by atoms with Crippen molar-refractivity contribution in [2.75, 3.05) is 5.73 Å². The summed E-state index contributed by atoms with van der Waals surface area (Å²) >= 11 is 6.99. The fraction of sp³-hybridized carbons (Fsp3) is 0.190. The van der Waals surface area contributed by atoms with Gasteiger partial charge < -0.3 is 10.8 Å². The van der Waals surface area contributed by atoms with Crippen LogP contribution in [0.5, 0.6) is 0 Å². The van der Waals surface area contributed by atoms with Crippen molar-refractivity contribution in [3.63, 3.8) is 0 Å². The van der Waals surface area contributed by atoms with E-state index in [1.54, 1.807) is 31.2 Å². The molecule has 1 saturated carbocycles. The number of sulfonamides is 1. The topological polar surface area (TPSA) is 109 Å². The van der Waals surface area contributed by atoms with E-state index in [0.717, 1.165) is 22.5 Å². The number of carboxylic acid groups (broad SMARTS) is 1. The lowest BCUT2D eigenvalue weighted by molar-refractivity contribution is -0.140. The minimum atomic E-state index is -4.05. The van der Waals surface area contributed by atoms with Crippen LogP contribution in [0.2, 0.25) is 5.02 Å². The number of thiophene rings is 1. The molecule has 1 aliphatic carbocycles. The van der Waals surface area contributed by atoms with Gasteiger partial charge in [-0.25, -0.2) is 8.42 Å². The molecule has 0 radical (unpaired) electrons. The fourth-order valence-corrected chi connectivity index (χ4v) is 6.62. The Morgan fingerprint density at radius 2 is 1.87 bits per heavy atom. The highest BCUT2D eigenvalue weighted by Crippen LogP contribution is 2.58. The Labute approximate surface area is 183 Å². The number of hydrogen-bond acceptors (Lipinski definition) is 5. The van der Waals surface area contributed by atoms with Crippen molar-refractivity contribution < 1.29 is 18.3 Å². The summed E-state index contributed by atoms with van der Waals surface area (Å²) in [5.74, 6) is -1.19. The van der Waals surface area contributed by atoms with Gasteiger partial charge >= 0.3 is 5.97 Å². The molecule has 0 saturated heterocycles. The van der Waals surface area contributed by atoms with Gasteiger partial charge in [-0.05, 0) is 41.8 Å². The summed E-state index contributed by atoms with van der Waals surface area (Å²) in [6, 6.07) is 17.3.